The van der Waals surface area contributed by atoms with Crippen LogP contribution in [0, 0.1) is 0 Å². The van der Waals surface area contributed by atoms with Gasteiger partial charge in [-0.15, -0.1) is 0 Å². The lowest BCUT2D eigenvalue weighted by atomic mass is 9.91. The normalized spacial score (nSPS) is 21.3. The maximum absolute atomic E-state index is 14.0. The predicted molar refractivity (Wildman–Crippen MR) is 142 cm³/mol. The van der Waals surface area contributed by atoms with Gasteiger partial charge >= 0.3 is 0 Å². The molecule has 0 bridgehead atoms. The number of rotatable bonds is 8. The Morgan fingerprint density at radius 3 is 2.61 bits per heavy atom. The second-order valence-electron chi connectivity index (χ2n) is 10.8. The van der Waals surface area contributed by atoms with Gasteiger partial charge in [0.1, 0.15) is 0 Å². The minimum Gasteiger partial charge on any atom is -0.493 e. The number of methoxy groups -OCH3 is 1. The highest BCUT2D eigenvalue weighted by Gasteiger charge is 2.38. The minimum absolute atomic E-state index is 0.00863. The molecule has 1 saturated heterocycles. The second-order valence-corrected chi connectivity index (χ2v) is 10.8. The van der Waals surface area contributed by atoms with Crippen molar-refractivity contribution in [3.8, 4) is 17.2 Å². The number of hydrogen-bond donors (Lipinski definition) is 0. The molecule has 36 heavy (non-hydrogen) atoms. The number of amides is 1. The average molecular weight is 491 g/mol. The molecule has 1 amide bonds. The highest BCUT2D eigenvalue weighted by atomic mass is 16.7. The highest BCUT2D eigenvalue weighted by molar-refractivity contribution is 5.96. The van der Waals surface area contributed by atoms with Gasteiger partial charge in [-0.05, 0) is 56.8 Å². The van der Waals surface area contributed by atoms with Crippen LogP contribution in [0.3, 0.4) is 0 Å². The molecule has 2 aliphatic heterocycles. The van der Waals surface area contributed by atoms with E-state index >= 15 is 0 Å². The van der Waals surface area contributed by atoms with Crippen LogP contribution < -0.4 is 14.2 Å². The molecule has 5 rings (SSSR count). The van der Waals surface area contributed by atoms with Crippen LogP contribution in [0.5, 0.6) is 17.2 Å². The number of likely N-dealkylation sites (tertiary alicyclic amines) is 1. The van der Waals surface area contributed by atoms with Crippen molar-refractivity contribution in [3.63, 3.8) is 0 Å². The topological polar surface area (TPSA) is 51.2 Å². The van der Waals surface area contributed by atoms with Crippen LogP contribution in [0.4, 0.5) is 0 Å². The molecule has 1 unspecified atom stereocenters. The molecule has 2 aromatic carbocycles. The van der Waals surface area contributed by atoms with E-state index in [0.29, 0.717) is 41.4 Å². The van der Waals surface area contributed by atoms with Crippen molar-refractivity contribution in [2.24, 2.45) is 0 Å². The maximum atomic E-state index is 14.0. The van der Waals surface area contributed by atoms with Crippen LogP contribution in [0.25, 0.3) is 6.08 Å². The minimum atomic E-state index is -0.793. The Kier molecular flexibility index (Phi) is 6.98. The van der Waals surface area contributed by atoms with E-state index in [1.165, 1.54) is 25.7 Å². The highest BCUT2D eigenvalue weighted by Crippen LogP contribution is 2.47. The Morgan fingerprint density at radius 1 is 1.14 bits per heavy atom. The van der Waals surface area contributed by atoms with E-state index < -0.39 is 5.79 Å². The quantitative estimate of drug-likeness (QED) is 0.471. The fraction of sp³-hybridized carbons (Fsp3) is 0.500. The van der Waals surface area contributed by atoms with Crippen molar-refractivity contribution in [2.45, 2.75) is 70.7 Å². The van der Waals surface area contributed by atoms with Crippen molar-refractivity contribution in [1.82, 2.24) is 9.80 Å². The molecule has 2 fully saturated rings. The predicted octanol–water partition coefficient (Wildman–Crippen LogP) is 5.77. The van der Waals surface area contributed by atoms with Crippen LogP contribution in [-0.2, 0) is 0 Å². The lowest BCUT2D eigenvalue weighted by Gasteiger charge is -2.40. The van der Waals surface area contributed by atoms with Gasteiger partial charge in [-0.25, -0.2) is 0 Å². The van der Waals surface area contributed by atoms with Crippen LogP contribution in [-0.4, -0.2) is 60.3 Å². The molecule has 2 aromatic rings. The van der Waals surface area contributed by atoms with Crippen molar-refractivity contribution in [1.29, 1.82) is 0 Å². The first kappa shape index (κ1) is 24.7. The monoisotopic (exact) mass is 490 g/mol. The number of nitrogens with zero attached hydrogens (tertiary/aromatic N) is 2. The summed E-state index contributed by atoms with van der Waals surface area (Å²) >= 11 is 0. The standard InChI is InChI=1S/C30H38N2O4/c1-21(16-22-10-6-5-7-11-22)19-31(20-25-14-9-15-32(25)24-12-8-13-24)29(33)23-17-26(34-4)28-27(18-23)35-30(2,3)36-28/h5-7,10-11,16-18,24-25H,8-9,12-15,19-20H2,1-4H3. The number of benzene rings is 2. The number of fused-ring (bicyclic) bond motifs is 1. The molecule has 1 atom stereocenters. The van der Waals surface area contributed by atoms with E-state index in [1.807, 2.05) is 36.9 Å². The third kappa shape index (κ3) is 5.24. The van der Waals surface area contributed by atoms with Gasteiger partial charge in [-0.2, -0.15) is 0 Å². The van der Waals surface area contributed by atoms with E-state index in [2.05, 4.69) is 30.0 Å². The smallest absolute Gasteiger partial charge is 0.254 e. The third-order valence-corrected chi connectivity index (χ3v) is 7.53. The van der Waals surface area contributed by atoms with Gasteiger partial charge in [0.25, 0.3) is 5.91 Å². The molecule has 6 heteroatoms. The largest absolute Gasteiger partial charge is 0.493 e. The SMILES string of the molecule is COc1cc(C(=O)N(CC(C)=Cc2ccccc2)CC2CCCN2C2CCC2)cc2c1OC(C)(C)O2. The number of hydrogen-bond acceptors (Lipinski definition) is 5. The first-order valence-electron chi connectivity index (χ1n) is 13.2. The molecule has 192 valence electrons. The van der Waals surface area contributed by atoms with E-state index in [1.54, 1.807) is 19.2 Å². The fourth-order valence-corrected chi connectivity index (χ4v) is 5.65. The summed E-state index contributed by atoms with van der Waals surface area (Å²) in [5.41, 5.74) is 2.86. The molecule has 1 aliphatic carbocycles. The van der Waals surface area contributed by atoms with Crippen LogP contribution in [0.2, 0.25) is 0 Å². The van der Waals surface area contributed by atoms with Gasteiger partial charge in [-0.3, -0.25) is 9.69 Å². The Bertz CT molecular complexity index is 1120. The second kappa shape index (κ2) is 10.2. The molecule has 1 saturated carbocycles. The van der Waals surface area contributed by atoms with Gasteiger partial charge in [0.2, 0.25) is 11.5 Å². The molecule has 0 N–H and O–H groups in total. The molecular formula is C30H38N2O4. The summed E-state index contributed by atoms with van der Waals surface area (Å²) in [4.78, 5) is 18.7. The summed E-state index contributed by atoms with van der Waals surface area (Å²) in [7, 11) is 1.60. The van der Waals surface area contributed by atoms with Crippen molar-refractivity contribution in [2.75, 3.05) is 26.7 Å². The average Bonchev–Trinajstić information content (AvgIpc) is 3.39. The van der Waals surface area contributed by atoms with Gasteiger partial charge in [0.05, 0.1) is 7.11 Å². The molecule has 2 heterocycles. The molecule has 3 aliphatic rings. The summed E-state index contributed by atoms with van der Waals surface area (Å²) in [6, 6.07) is 15.0. The Balaban J connectivity index is 1.43. The van der Waals surface area contributed by atoms with E-state index in [0.717, 1.165) is 30.6 Å². The lowest BCUT2D eigenvalue weighted by molar-refractivity contribution is -0.0439. The number of carbonyl (C=O) groups is 1. The van der Waals surface area contributed by atoms with Crippen LogP contribution in [0.15, 0.2) is 48.0 Å². The third-order valence-electron chi connectivity index (χ3n) is 7.53. The zero-order valence-electron chi connectivity index (χ0n) is 22.0. The van der Waals surface area contributed by atoms with E-state index in [4.69, 9.17) is 14.2 Å². The maximum Gasteiger partial charge on any atom is 0.254 e. The fourth-order valence-electron chi connectivity index (χ4n) is 5.65. The molecule has 0 radical (unpaired) electrons. The molecule has 0 spiro atoms. The first-order chi connectivity index (χ1) is 17.3. The van der Waals surface area contributed by atoms with Gasteiger partial charge in [0.15, 0.2) is 11.5 Å². The lowest BCUT2D eigenvalue weighted by Crippen LogP contribution is -2.49. The summed E-state index contributed by atoms with van der Waals surface area (Å²) in [5.74, 6) is 0.827. The first-order valence-corrected chi connectivity index (χ1v) is 13.2. The summed E-state index contributed by atoms with van der Waals surface area (Å²) in [6.45, 7) is 8.25. The van der Waals surface area contributed by atoms with E-state index in [9.17, 15) is 4.79 Å². The summed E-state index contributed by atoms with van der Waals surface area (Å²) < 4.78 is 17.5. The summed E-state index contributed by atoms with van der Waals surface area (Å²) in [5, 5.41) is 0. The van der Waals surface area contributed by atoms with Crippen LogP contribution >= 0.6 is 0 Å². The zero-order chi connectivity index (χ0) is 25.3. The molecule has 6 nitrogen and oxygen atoms in total. The zero-order valence-corrected chi connectivity index (χ0v) is 22.0. The number of carbonyl (C=O) groups excluding carboxylic acids is 1. The van der Waals surface area contributed by atoms with Crippen LogP contribution in [0.1, 0.15) is 68.8 Å². The number of ether oxygens (including phenoxy) is 3. The van der Waals surface area contributed by atoms with Crippen molar-refractivity contribution >= 4 is 12.0 Å². The van der Waals surface area contributed by atoms with Crippen molar-refractivity contribution < 1.29 is 19.0 Å². The Morgan fingerprint density at radius 2 is 1.92 bits per heavy atom. The van der Waals surface area contributed by atoms with Gasteiger partial charge in [-0.1, -0.05) is 48.4 Å². The Hall–Kier alpha value is -2.99. The van der Waals surface area contributed by atoms with Crippen molar-refractivity contribution in [3.05, 3.63) is 59.2 Å². The Labute approximate surface area is 214 Å². The molecular weight excluding hydrogens is 452 g/mol. The summed E-state index contributed by atoms with van der Waals surface area (Å²) in [6.07, 6.45) is 8.40. The van der Waals surface area contributed by atoms with Gasteiger partial charge < -0.3 is 19.1 Å². The molecule has 0 aromatic heterocycles. The van der Waals surface area contributed by atoms with E-state index in [-0.39, 0.29) is 5.91 Å². The van der Waals surface area contributed by atoms with Gasteiger partial charge in [0, 0.05) is 44.6 Å².